The number of amides is 1. The zero-order valence-corrected chi connectivity index (χ0v) is 16.9. The van der Waals surface area contributed by atoms with Gasteiger partial charge in [0.05, 0.1) is 0 Å². The fourth-order valence-corrected chi connectivity index (χ4v) is 2.37. The van der Waals surface area contributed by atoms with Gasteiger partial charge in [0.1, 0.15) is 6.04 Å². The van der Waals surface area contributed by atoms with Gasteiger partial charge in [-0.1, -0.05) is 0 Å². The number of nitrogens with zero attached hydrogens (tertiary/aromatic N) is 4. The first-order chi connectivity index (χ1) is 10.7. The lowest BCUT2D eigenvalue weighted by molar-refractivity contribution is -0.181. The van der Waals surface area contributed by atoms with Crippen LogP contribution < -0.4 is 5.32 Å². The number of nitrogens with one attached hydrogen (secondary N) is 1. The van der Waals surface area contributed by atoms with Gasteiger partial charge in [-0.15, -0.1) is 24.0 Å². The molecular weight excluding hydrogens is 438 g/mol. The Morgan fingerprint density at radius 2 is 1.79 bits per heavy atom. The summed E-state index contributed by atoms with van der Waals surface area (Å²) in [6.07, 6.45) is -3.86. The van der Waals surface area contributed by atoms with Crippen LogP contribution in [0.1, 0.15) is 13.3 Å². The predicted molar refractivity (Wildman–Crippen MR) is 98.8 cm³/mol. The number of alkyl halides is 3. The molecule has 0 radical (unpaired) electrons. The van der Waals surface area contributed by atoms with E-state index in [1.54, 1.807) is 21.1 Å². The van der Waals surface area contributed by atoms with Crippen molar-refractivity contribution in [2.45, 2.75) is 25.6 Å². The Morgan fingerprint density at radius 3 is 2.21 bits per heavy atom. The summed E-state index contributed by atoms with van der Waals surface area (Å²) in [6, 6.07) is -1.43. The quantitative estimate of drug-likeness (QED) is 0.386. The van der Waals surface area contributed by atoms with Gasteiger partial charge < -0.3 is 15.1 Å². The molecule has 0 bridgehead atoms. The first-order valence-corrected chi connectivity index (χ1v) is 7.63. The second kappa shape index (κ2) is 10.3. The normalized spacial score (nSPS) is 18.0. The molecule has 0 spiro atoms. The Hall–Kier alpha value is -0.780. The van der Waals surface area contributed by atoms with Crippen LogP contribution in [0.3, 0.4) is 0 Å². The van der Waals surface area contributed by atoms with Gasteiger partial charge in [-0.2, -0.15) is 13.2 Å². The first kappa shape index (κ1) is 23.2. The number of carbonyl (C=O) groups is 1. The maximum Gasteiger partial charge on any atom is 0.403 e. The van der Waals surface area contributed by atoms with Crippen molar-refractivity contribution in [3.63, 3.8) is 0 Å². The van der Waals surface area contributed by atoms with Crippen LogP contribution in [-0.4, -0.2) is 92.7 Å². The number of aliphatic imine (C=N–C) groups is 1. The van der Waals surface area contributed by atoms with Gasteiger partial charge >= 0.3 is 6.18 Å². The smallest absolute Gasteiger partial charge is 0.356 e. The van der Waals surface area contributed by atoms with Crippen molar-refractivity contribution in [2.24, 2.45) is 4.99 Å². The minimum absolute atomic E-state index is 0. The van der Waals surface area contributed by atoms with E-state index in [0.29, 0.717) is 45.1 Å². The third-order valence-electron chi connectivity index (χ3n) is 3.97. The highest BCUT2D eigenvalue weighted by Gasteiger charge is 2.41. The Morgan fingerprint density at radius 1 is 1.25 bits per heavy atom. The molecule has 0 aromatic heterocycles. The van der Waals surface area contributed by atoms with Crippen LogP contribution in [0.15, 0.2) is 4.99 Å². The van der Waals surface area contributed by atoms with E-state index in [-0.39, 0.29) is 29.9 Å². The minimum Gasteiger partial charge on any atom is -0.356 e. The van der Waals surface area contributed by atoms with E-state index in [4.69, 9.17) is 0 Å². The van der Waals surface area contributed by atoms with Crippen LogP contribution in [-0.2, 0) is 4.79 Å². The van der Waals surface area contributed by atoms with Gasteiger partial charge in [-0.3, -0.25) is 14.7 Å². The largest absolute Gasteiger partial charge is 0.403 e. The van der Waals surface area contributed by atoms with Crippen molar-refractivity contribution in [1.29, 1.82) is 0 Å². The van der Waals surface area contributed by atoms with E-state index in [9.17, 15) is 18.0 Å². The first-order valence-electron chi connectivity index (χ1n) is 7.63. The fraction of sp³-hybridized carbons (Fsp3) is 0.857. The average Bonchev–Trinajstić information content (AvgIpc) is 2.50. The highest BCUT2D eigenvalue weighted by Crippen LogP contribution is 2.25. The highest BCUT2D eigenvalue weighted by molar-refractivity contribution is 14.0. The minimum atomic E-state index is -4.20. The van der Waals surface area contributed by atoms with Gasteiger partial charge in [-0.05, 0) is 6.92 Å². The van der Waals surface area contributed by atoms with Crippen molar-refractivity contribution < 1.29 is 18.0 Å². The summed E-state index contributed by atoms with van der Waals surface area (Å²) in [5.74, 6) is 0.632. The predicted octanol–water partition coefficient (Wildman–Crippen LogP) is 1.23. The molecule has 1 rings (SSSR count). The van der Waals surface area contributed by atoms with E-state index in [1.165, 1.54) is 16.7 Å². The molecule has 1 atom stereocenters. The van der Waals surface area contributed by atoms with E-state index >= 15 is 0 Å². The van der Waals surface area contributed by atoms with Crippen molar-refractivity contribution in [2.75, 3.05) is 53.9 Å². The molecule has 142 valence electrons. The third kappa shape index (κ3) is 6.99. The Labute approximate surface area is 158 Å². The van der Waals surface area contributed by atoms with Crippen LogP contribution in [0.5, 0.6) is 0 Å². The molecule has 1 N–H and O–H groups in total. The van der Waals surface area contributed by atoms with Gasteiger partial charge in [0.15, 0.2) is 5.96 Å². The zero-order valence-electron chi connectivity index (χ0n) is 14.6. The van der Waals surface area contributed by atoms with Crippen LogP contribution >= 0.6 is 24.0 Å². The van der Waals surface area contributed by atoms with Gasteiger partial charge in [0, 0.05) is 60.3 Å². The van der Waals surface area contributed by atoms with Crippen molar-refractivity contribution in [3.05, 3.63) is 0 Å². The maximum absolute atomic E-state index is 12.7. The van der Waals surface area contributed by atoms with Gasteiger partial charge in [0.2, 0.25) is 5.91 Å². The highest BCUT2D eigenvalue weighted by atomic mass is 127. The number of guanidine groups is 1. The van der Waals surface area contributed by atoms with Crippen LogP contribution in [0.25, 0.3) is 0 Å². The number of halogens is 4. The van der Waals surface area contributed by atoms with E-state index in [1.807, 2.05) is 4.90 Å². The van der Waals surface area contributed by atoms with Crippen molar-refractivity contribution in [3.8, 4) is 0 Å². The topological polar surface area (TPSA) is 51.2 Å². The molecule has 1 amide bonds. The van der Waals surface area contributed by atoms with Crippen LogP contribution in [0.2, 0.25) is 0 Å². The molecule has 1 aliphatic heterocycles. The monoisotopic (exact) mass is 465 g/mol. The van der Waals surface area contributed by atoms with E-state index < -0.39 is 12.2 Å². The number of piperazine rings is 1. The van der Waals surface area contributed by atoms with Gasteiger partial charge in [0.25, 0.3) is 0 Å². The van der Waals surface area contributed by atoms with Crippen LogP contribution in [0, 0.1) is 0 Å². The summed E-state index contributed by atoms with van der Waals surface area (Å²) in [5, 5.41) is 3.09. The second-order valence-corrected chi connectivity index (χ2v) is 5.75. The van der Waals surface area contributed by atoms with Crippen LogP contribution in [0.4, 0.5) is 13.2 Å². The van der Waals surface area contributed by atoms with E-state index in [0.717, 1.165) is 0 Å². The molecule has 24 heavy (non-hydrogen) atoms. The molecule has 10 heteroatoms. The number of carbonyl (C=O) groups excluding carboxylic acids is 1. The summed E-state index contributed by atoms with van der Waals surface area (Å²) in [7, 11) is 5.01. The van der Waals surface area contributed by atoms with Crippen molar-refractivity contribution >= 4 is 35.8 Å². The Balaban J connectivity index is 0.00000529. The summed E-state index contributed by atoms with van der Waals surface area (Å²) in [5.41, 5.74) is 0. The third-order valence-corrected chi connectivity index (χ3v) is 3.97. The number of hydrogen-bond donors (Lipinski definition) is 1. The Bertz CT molecular complexity index is 423. The lowest BCUT2D eigenvalue weighted by Crippen LogP contribution is -2.56. The molecule has 1 saturated heterocycles. The molecule has 0 aromatic carbocycles. The molecular formula is C14H27F3IN5O. The summed E-state index contributed by atoms with van der Waals surface area (Å²) < 4.78 is 38.2. The average molecular weight is 465 g/mol. The van der Waals surface area contributed by atoms with E-state index in [2.05, 4.69) is 10.3 Å². The lowest BCUT2D eigenvalue weighted by Gasteiger charge is -2.39. The second-order valence-electron chi connectivity index (χ2n) is 5.75. The Kier molecular flexibility index (Phi) is 9.93. The standard InChI is InChI=1S/C14H26F3N5O.HI/c1-11(14(15,16)17)21-7-9-22(10-8-21)13(18-2)19-6-5-12(23)20(3)4;/h11H,5-10H2,1-4H3,(H,18,19);1H. The number of rotatable bonds is 4. The summed E-state index contributed by atoms with van der Waals surface area (Å²) in [6.45, 7) is 3.25. The molecule has 0 aromatic rings. The van der Waals surface area contributed by atoms with Gasteiger partial charge in [-0.25, -0.2) is 0 Å². The number of hydrogen-bond acceptors (Lipinski definition) is 3. The molecule has 1 fully saturated rings. The molecule has 0 saturated carbocycles. The molecule has 1 unspecified atom stereocenters. The fourth-order valence-electron chi connectivity index (χ4n) is 2.37. The SMILES string of the molecule is CN=C(NCCC(=O)N(C)C)N1CCN(C(C)C(F)(F)F)CC1.I. The molecule has 1 heterocycles. The zero-order chi connectivity index (χ0) is 17.6. The summed E-state index contributed by atoms with van der Waals surface area (Å²) in [4.78, 5) is 20.5. The summed E-state index contributed by atoms with van der Waals surface area (Å²) >= 11 is 0. The molecule has 6 nitrogen and oxygen atoms in total. The molecule has 1 aliphatic rings. The molecule has 0 aliphatic carbocycles. The lowest BCUT2D eigenvalue weighted by atomic mass is 10.2. The maximum atomic E-state index is 12.7. The van der Waals surface area contributed by atoms with Crippen molar-refractivity contribution in [1.82, 2.24) is 20.0 Å².